The Labute approximate surface area is 93.5 Å². The first-order chi connectivity index (χ1) is 7.39. The fraction of sp³-hybridized carbons (Fsp3) is 0.417. The molecule has 1 atom stereocenters. The van der Waals surface area contributed by atoms with Gasteiger partial charge in [0, 0.05) is 12.8 Å². The molecule has 1 aromatic carbocycles. The molecule has 0 fully saturated rings. The Kier molecular flexibility index (Phi) is 4.01. The maximum Gasteiger partial charge on any atom is 0.303 e. The summed E-state index contributed by atoms with van der Waals surface area (Å²) >= 11 is 0. The summed E-state index contributed by atoms with van der Waals surface area (Å²) in [4.78, 5) is 10.4. The van der Waals surface area contributed by atoms with Gasteiger partial charge in [0.2, 0.25) is 0 Å². The fourth-order valence-electron chi connectivity index (χ4n) is 1.55. The highest BCUT2D eigenvalue weighted by molar-refractivity contribution is 5.66. The molecule has 0 aromatic heterocycles. The van der Waals surface area contributed by atoms with Crippen LogP contribution in [0.1, 0.15) is 25.3 Å². The van der Waals surface area contributed by atoms with Crippen molar-refractivity contribution in [3.63, 3.8) is 0 Å². The van der Waals surface area contributed by atoms with E-state index in [0.29, 0.717) is 5.56 Å². The number of carboxylic acids is 1. The van der Waals surface area contributed by atoms with Crippen molar-refractivity contribution < 1.29 is 19.4 Å². The number of hydrogen-bond donors (Lipinski definition) is 2. The second-order valence-corrected chi connectivity index (χ2v) is 4.20. The predicted molar refractivity (Wildman–Crippen MR) is 57.6 cm³/mol. The Morgan fingerprint density at radius 3 is 2.75 bits per heavy atom. The first-order valence-electron chi connectivity index (χ1n) is 5.08. The van der Waals surface area contributed by atoms with Gasteiger partial charge in [-0.3, -0.25) is 4.79 Å². The normalized spacial score (nSPS) is 14.4. The zero-order valence-electron chi connectivity index (χ0n) is 9.11. The zero-order chi connectivity index (χ0) is 12.2. The second kappa shape index (κ2) is 5.07. The number of hydrogen-bond acceptors (Lipinski definition) is 2. The molecule has 0 aliphatic rings. The molecule has 3 nitrogen and oxygen atoms in total. The van der Waals surface area contributed by atoms with Gasteiger partial charge in [-0.2, -0.15) is 0 Å². The monoisotopic (exact) mass is 226 g/mol. The molecule has 1 rings (SSSR count). The van der Waals surface area contributed by atoms with Crippen molar-refractivity contribution in [2.24, 2.45) is 0 Å². The molecular formula is C12H15FO3. The third-order valence-electron chi connectivity index (χ3n) is 2.35. The van der Waals surface area contributed by atoms with Crippen LogP contribution in [0.3, 0.4) is 0 Å². The molecule has 1 unspecified atom stereocenters. The summed E-state index contributed by atoms with van der Waals surface area (Å²) in [5, 5.41) is 18.4. The van der Waals surface area contributed by atoms with Crippen LogP contribution in [0.25, 0.3) is 0 Å². The summed E-state index contributed by atoms with van der Waals surface area (Å²) in [6.45, 7) is 1.56. The Morgan fingerprint density at radius 2 is 2.19 bits per heavy atom. The van der Waals surface area contributed by atoms with E-state index in [-0.39, 0.29) is 25.1 Å². The van der Waals surface area contributed by atoms with Crippen molar-refractivity contribution in [3.05, 3.63) is 35.6 Å². The molecule has 0 radical (unpaired) electrons. The van der Waals surface area contributed by atoms with Crippen LogP contribution in [-0.4, -0.2) is 21.8 Å². The summed E-state index contributed by atoms with van der Waals surface area (Å²) in [7, 11) is 0. The van der Waals surface area contributed by atoms with Crippen LogP contribution < -0.4 is 0 Å². The molecule has 88 valence electrons. The van der Waals surface area contributed by atoms with Crippen molar-refractivity contribution in [2.45, 2.75) is 31.8 Å². The van der Waals surface area contributed by atoms with E-state index in [1.54, 1.807) is 19.1 Å². The Hall–Kier alpha value is -1.42. The average molecular weight is 226 g/mol. The van der Waals surface area contributed by atoms with E-state index in [0.717, 1.165) is 0 Å². The largest absolute Gasteiger partial charge is 0.481 e. The number of carbonyl (C=O) groups is 1. The predicted octanol–water partition coefficient (Wildman–Crippen LogP) is 1.98. The van der Waals surface area contributed by atoms with Gasteiger partial charge in [-0.25, -0.2) is 4.39 Å². The maximum absolute atomic E-state index is 12.9. The minimum absolute atomic E-state index is 0.0949. The summed E-state index contributed by atoms with van der Waals surface area (Å²) < 4.78 is 12.9. The molecule has 0 amide bonds. The Bertz CT molecular complexity index is 374. The van der Waals surface area contributed by atoms with E-state index in [1.807, 2.05) is 0 Å². The van der Waals surface area contributed by atoms with Crippen LogP contribution >= 0.6 is 0 Å². The standard InChI is InChI=1S/C12H15FO3/c1-12(16,6-5-11(14)15)8-9-3-2-4-10(13)7-9/h2-4,7,16H,5-6,8H2,1H3,(H,14,15). The molecule has 0 aliphatic heterocycles. The van der Waals surface area contributed by atoms with Gasteiger partial charge < -0.3 is 10.2 Å². The third-order valence-corrected chi connectivity index (χ3v) is 2.35. The first-order valence-corrected chi connectivity index (χ1v) is 5.08. The van der Waals surface area contributed by atoms with Gasteiger partial charge in [0.15, 0.2) is 0 Å². The molecule has 0 aliphatic carbocycles. The summed E-state index contributed by atoms with van der Waals surface area (Å²) in [6, 6.07) is 5.95. The molecule has 16 heavy (non-hydrogen) atoms. The summed E-state index contributed by atoms with van der Waals surface area (Å²) in [6.07, 6.45) is 0.305. The van der Waals surface area contributed by atoms with Gasteiger partial charge in [-0.15, -0.1) is 0 Å². The molecule has 0 bridgehead atoms. The molecule has 0 heterocycles. The lowest BCUT2D eigenvalue weighted by molar-refractivity contribution is -0.138. The van der Waals surface area contributed by atoms with Crippen LogP contribution in [0.15, 0.2) is 24.3 Å². The van der Waals surface area contributed by atoms with Crippen molar-refractivity contribution in [3.8, 4) is 0 Å². The van der Waals surface area contributed by atoms with Crippen LogP contribution in [0, 0.1) is 5.82 Å². The van der Waals surface area contributed by atoms with Crippen molar-refractivity contribution >= 4 is 5.97 Å². The lowest BCUT2D eigenvalue weighted by atomic mass is 9.92. The first kappa shape index (κ1) is 12.6. The number of halogens is 1. The van der Waals surface area contributed by atoms with Crippen molar-refractivity contribution in [1.82, 2.24) is 0 Å². The van der Waals surface area contributed by atoms with Gasteiger partial charge in [0.05, 0.1) is 5.60 Å². The second-order valence-electron chi connectivity index (χ2n) is 4.20. The quantitative estimate of drug-likeness (QED) is 0.807. The van der Waals surface area contributed by atoms with E-state index in [2.05, 4.69) is 0 Å². The zero-order valence-corrected chi connectivity index (χ0v) is 9.11. The minimum atomic E-state index is -1.12. The topological polar surface area (TPSA) is 57.5 Å². The fourth-order valence-corrected chi connectivity index (χ4v) is 1.55. The van der Waals surface area contributed by atoms with E-state index in [1.165, 1.54) is 12.1 Å². The van der Waals surface area contributed by atoms with Crippen molar-refractivity contribution in [1.29, 1.82) is 0 Å². The maximum atomic E-state index is 12.9. The average Bonchev–Trinajstić information content (AvgIpc) is 2.14. The van der Waals surface area contributed by atoms with Gasteiger partial charge in [0.25, 0.3) is 0 Å². The van der Waals surface area contributed by atoms with Crippen LogP contribution in [0.2, 0.25) is 0 Å². The molecule has 0 saturated carbocycles. The number of benzene rings is 1. The van der Waals surface area contributed by atoms with Crippen LogP contribution in [0.5, 0.6) is 0 Å². The SMILES string of the molecule is CC(O)(CCC(=O)O)Cc1cccc(F)c1. The van der Waals surface area contributed by atoms with Crippen molar-refractivity contribution in [2.75, 3.05) is 0 Å². The summed E-state index contributed by atoms with van der Waals surface area (Å²) in [5.74, 6) is -1.30. The highest BCUT2D eigenvalue weighted by atomic mass is 19.1. The lowest BCUT2D eigenvalue weighted by Crippen LogP contribution is -2.28. The molecule has 1 aromatic rings. The highest BCUT2D eigenvalue weighted by Crippen LogP contribution is 2.19. The highest BCUT2D eigenvalue weighted by Gasteiger charge is 2.22. The molecule has 4 heteroatoms. The number of carboxylic acid groups (broad SMARTS) is 1. The number of rotatable bonds is 5. The molecule has 0 spiro atoms. The van der Waals surface area contributed by atoms with Crippen LogP contribution in [0.4, 0.5) is 4.39 Å². The third kappa shape index (κ3) is 4.40. The number of aliphatic carboxylic acids is 1. The molecular weight excluding hydrogens is 211 g/mol. The smallest absolute Gasteiger partial charge is 0.303 e. The Morgan fingerprint density at radius 1 is 1.50 bits per heavy atom. The number of aliphatic hydroxyl groups is 1. The van der Waals surface area contributed by atoms with Gasteiger partial charge in [0.1, 0.15) is 5.82 Å². The van der Waals surface area contributed by atoms with Gasteiger partial charge >= 0.3 is 5.97 Å². The van der Waals surface area contributed by atoms with E-state index >= 15 is 0 Å². The minimum Gasteiger partial charge on any atom is -0.481 e. The molecule has 2 N–H and O–H groups in total. The van der Waals surface area contributed by atoms with Gasteiger partial charge in [-0.05, 0) is 31.0 Å². The van der Waals surface area contributed by atoms with Crippen LogP contribution in [-0.2, 0) is 11.2 Å². The van der Waals surface area contributed by atoms with E-state index < -0.39 is 11.6 Å². The Balaban J connectivity index is 2.61. The van der Waals surface area contributed by atoms with E-state index in [9.17, 15) is 14.3 Å². The van der Waals surface area contributed by atoms with E-state index in [4.69, 9.17) is 5.11 Å². The summed E-state index contributed by atoms with van der Waals surface area (Å²) in [5.41, 5.74) is -0.456. The lowest BCUT2D eigenvalue weighted by Gasteiger charge is -2.22. The molecule has 0 saturated heterocycles. The van der Waals surface area contributed by atoms with Gasteiger partial charge in [-0.1, -0.05) is 12.1 Å².